The molecule has 0 aliphatic carbocycles. The van der Waals surface area contributed by atoms with Gasteiger partial charge in [-0.2, -0.15) is 0 Å². The first kappa shape index (κ1) is 29.4. The summed E-state index contributed by atoms with van der Waals surface area (Å²) in [5.41, 5.74) is 0. The summed E-state index contributed by atoms with van der Waals surface area (Å²) in [5.74, 6) is 0. The van der Waals surface area contributed by atoms with Gasteiger partial charge in [0.1, 0.15) is 0 Å². The van der Waals surface area contributed by atoms with Crippen molar-refractivity contribution in [2.24, 2.45) is 0 Å². The molecule has 0 aliphatic rings. The van der Waals surface area contributed by atoms with Crippen LogP contribution in [-0.4, -0.2) is 24.6 Å². The SMILES string of the molecule is CCCCCCCCCCCCCCCCCCCCCC[P+](CC)(CC)CC. The van der Waals surface area contributed by atoms with Gasteiger partial charge in [0.15, 0.2) is 0 Å². The minimum atomic E-state index is -0.533. The van der Waals surface area contributed by atoms with Crippen LogP contribution in [0.5, 0.6) is 0 Å². The molecule has 0 aliphatic heterocycles. The smallest absolute Gasteiger partial charge is 0.0594 e. The Hall–Kier alpha value is 0.430. The Morgan fingerprint density at radius 3 is 0.793 bits per heavy atom. The summed E-state index contributed by atoms with van der Waals surface area (Å²) in [7, 11) is -0.533. The zero-order valence-corrected chi connectivity index (χ0v) is 22.3. The molecule has 0 radical (unpaired) electrons. The summed E-state index contributed by atoms with van der Waals surface area (Å²) in [6.45, 7) is 9.63. The van der Waals surface area contributed by atoms with Crippen LogP contribution in [0.4, 0.5) is 0 Å². The second kappa shape index (κ2) is 23.1. The lowest BCUT2D eigenvalue weighted by Crippen LogP contribution is -2.07. The normalized spacial score (nSPS) is 12.0. The van der Waals surface area contributed by atoms with Crippen molar-refractivity contribution < 1.29 is 0 Å². The molecule has 0 aromatic heterocycles. The molecule has 0 unspecified atom stereocenters. The van der Waals surface area contributed by atoms with Gasteiger partial charge in [0.2, 0.25) is 0 Å². The highest BCUT2D eigenvalue weighted by Gasteiger charge is 2.29. The lowest BCUT2D eigenvalue weighted by atomic mass is 10.0. The molecule has 0 N–H and O–H groups in total. The Kier molecular flexibility index (Phi) is 23.4. The summed E-state index contributed by atoms with van der Waals surface area (Å²) in [4.78, 5) is 0. The first-order valence-electron chi connectivity index (χ1n) is 14.1. The number of hydrogen-bond acceptors (Lipinski definition) is 0. The maximum absolute atomic E-state index is 2.44. The zero-order valence-electron chi connectivity index (χ0n) is 21.4. The third-order valence-electron chi connectivity index (χ3n) is 7.50. The van der Waals surface area contributed by atoms with E-state index >= 15 is 0 Å². The standard InChI is InChI=1S/C28H60P/c1-5-9-10-11-12-13-14-15-16-17-18-19-20-21-22-23-24-25-26-27-28-29(6-2,7-3)8-4/h5-28H2,1-4H3/q+1. The van der Waals surface area contributed by atoms with E-state index in [1.807, 2.05) is 0 Å². The van der Waals surface area contributed by atoms with Gasteiger partial charge in [-0.25, -0.2) is 0 Å². The Morgan fingerprint density at radius 1 is 0.310 bits per heavy atom. The van der Waals surface area contributed by atoms with Crippen molar-refractivity contribution in [1.29, 1.82) is 0 Å². The summed E-state index contributed by atoms with van der Waals surface area (Å²) in [6.07, 6.45) is 35.7. The first-order valence-corrected chi connectivity index (χ1v) is 16.6. The number of hydrogen-bond donors (Lipinski definition) is 0. The summed E-state index contributed by atoms with van der Waals surface area (Å²) < 4.78 is 0. The third-order valence-corrected chi connectivity index (χ3v) is 12.8. The molecule has 0 heterocycles. The van der Waals surface area contributed by atoms with Crippen LogP contribution in [0.25, 0.3) is 0 Å². The van der Waals surface area contributed by atoms with E-state index < -0.39 is 7.26 Å². The lowest BCUT2D eigenvalue weighted by Gasteiger charge is -2.23. The first-order chi connectivity index (χ1) is 14.2. The molecule has 0 fully saturated rings. The number of rotatable bonds is 24. The molecule has 0 saturated heterocycles. The van der Waals surface area contributed by atoms with Crippen molar-refractivity contribution in [3.05, 3.63) is 0 Å². The Bertz CT molecular complexity index is 286. The van der Waals surface area contributed by atoms with Crippen LogP contribution in [-0.2, 0) is 0 Å². The fourth-order valence-electron chi connectivity index (χ4n) is 4.85. The predicted molar refractivity (Wildman–Crippen MR) is 141 cm³/mol. The van der Waals surface area contributed by atoms with Crippen molar-refractivity contribution in [3.63, 3.8) is 0 Å². The molecular weight excluding hydrogens is 367 g/mol. The van der Waals surface area contributed by atoms with Crippen molar-refractivity contribution in [2.75, 3.05) is 24.6 Å². The van der Waals surface area contributed by atoms with Crippen molar-refractivity contribution in [1.82, 2.24) is 0 Å². The molecule has 0 atom stereocenters. The van der Waals surface area contributed by atoms with Gasteiger partial charge in [0.05, 0.1) is 24.6 Å². The van der Waals surface area contributed by atoms with Gasteiger partial charge in [-0.15, -0.1) is 0 Å². The highest BCUT2D eigenvalue weighted by molar-refractivity contribution is 7.75. The summed E-state index contributed by atoms with van der Waals surface area (Å²) in [6, 6.07) is 0. The second-order valence-electron chi connectivity index (χ2n) is 9.73. The van der Waals surface area contributed by atoms with Crippen LogP contribution in [0, 0.1) is 0 Å². The zero-order chi connectivity index (χ0) is 21.5. The van der Waals surface area contributed by atoms with Crippen molar-refractivity contribution in [2.45, 2.75) is 156 Å². The van der Waals surface area contributed by atoms with E-state index in [4.69, 9.17) is 0 Å². The molecule has 0 amide bonds. The highest BCUT2D eigenvalue weighted by atomic mass is 31.2. The van der Waals surface area contributed by atoms with E-state index in [1.54, 1.807) is 6.16 Å². The van der Waals surface area contributed by atoms with E-state index in [0.29, 0.717) is 0 Å². The van der Waals surface area contributed by atoms with Crippen molar-refractivity contribution >= 4 is 7.26 Å². The van der Waals surface area contributed by atoms with E-state index in [2.05, 4.69) is 27.7 Å². The van der Waals surface area contributed by atoms with E-state index in [1.165, 1.54) is 147 Å². The third kappa shape index (κ3) is 18.9. The van der Waals surface area contributed by atoms with Gasteiger partial charge in [-0.1, -0.05) is 122 Å². The van der Waals surface area contributed by atoms with Crippen LogP contribution >= 0.6 is 7.26 Å². The van der Waals surface area contributed by atoms with Gasteiger partial charge in [0.25, 0.3) is 0 Å². The number of unbranched alkanes of at least 4 members (excludes halogenated alkanes) is 19. The Balaban J connectivity index is 3.17. The minimum Gasteiger partial charge on any atom is -0.0654 e. The van der Waals surface area contributed by atoms with Gasteiger partial charge in [-0.05, 0) is 33.6 Å². The van der Waals surface area contributed by atoms with Crippen LogP contribution in [0.1, 0.15) is 156 Å². The predicted octanol–water partition coefficient (Wildman–Crippen LogP) is 10.9. The van der Waals surface area contributed by atoms with Crippen LogP contribution < -0.4 is 0 Å². The molecule has 0 aromatic carbocycles. The topological polar surface area (TPSA) is 0 Å². The second-order valence-corrected chi connectivity index (χ2v) is 14.8. The molecule has 0 nitrogen and oxygen atoms in total. The largest absolute Gasteiger partial charge is 0.0654 e. The molecule has 1 heteroatoms. The maximum atomic E-state index is 2.44. The molecule has 0 aromatic rings. The summed E-state index contributed by atoms with van der Waals surface area (Å²) >= 11 is 0. The van der Waals surface area contributed by atoms with E-state index in [0.717, 1.165) is 0 Å². The lowest BCUT2D eigenvalue weighted by molar-refractivity contribution is 0.523. The average molecular weight is 428 g/mol. The highest BCUT2D eigenvalue weighted by Crippen LogP contribution is 2.58. The van der Waals surface area contributed by atoms with Crippen LogP contribution in [0.15, 0.2) is 0 Å². The van der Waals surface area contributed by atoms with Gasteiger partial charge in [-0.3, -0.25) is 0 Å². The van der Waals surface area contributed by atoms with E-state index in [-0.39, 0.29) is 0 Å². The van der Waals surface area contributed by atoms with Crippen molar-refractivity contribution in [3.8, 4) is 0 Å². The molecule has 0 bridgehead atoms. The summed E-state index contributed by atoms with van der Waals surface area (Å²) in [5, 5.41) is 0. The fourth-order valence-corrected chi connectivity index (χ4v) is 8.03. The molecule has 0 saturated carbocycles. The Morgan fingerprint density at radius 2 is 0.552 bits per heavy atom. The van der Waals surface area contributed by atoms with Gasteiger partial charge in [0, 0.05) is 7.26 Å². The maximum Gasteiger partial charge on any atom is 0.0594 e. The fraction of sp³-hybridized carbons (Fsp3) is 1.00. The van der Waals surface area contributed by atoms with Crippen LogP contribution in [0.2, 0.25) is 0 Å². The quantitative estimate of drug-likeness (QED) is 0.106. The van der Waals surface area contributed by atoms with Gasteiger partial charge >= 0.3 is 0 Å². The minimum absolute atomic E-state index is 0.533. The monoisotopic (exact) mass is 427 g/mol. The molecule has 29 heavy (non-hydrogen) atoms. The molecule has 0 spiro atoms. The van der Waals surface area contributed by atoms with Crippen LogP contribution in [0.3, 0.4) is 0 Å². The average Bonchev–Trinajstić information content (AvgIpc) is 2.75. The Labute approximate surface area is 188 Å². The molecule has 0 rings (SSSR count). The molecular formula is C28H60P+. The molecule has 176 valence electrons. The van der Waals surface area contributed by atoms with E-state index in [9.17, 15) is 0 Å². The van der Waals surface area contributed by atoms with Gasteiger partial charge < -0.3 is 0 Å².